The maximum absolute atomic E-state index is 3.53. The Bertz CT molecular complexity index is 406. The minimum atomic E-state index is 0.561. The van der Waals surface area contributed by atoms with Crippen LogP contribution < -0.4 is 10.2 Å². The van der Waals surface area contributed by atoms with Crippen molar-refractivity contribution in [2.24, 2.45) is 5.41 Å². The van der Waals surface area contributed by atoms with Gasteiger partial charge in [0.1, 0.15) is 0 Å². The Morgan fingerprint density at radius 2 is 1.85 bits per heavy atom. The molecular weight excluding hydrogens is 244 g/mol. The van der Waals surface area contributed by atoms with E-state index >= 15 is 0 Å². The molecule has 0 bridgehead atoms. The zero-order valence-electron chi connectivity index (χ0n) is 13.4. The minimum absolute atomic E-state index is 0.561. The summed E-state index contributed by atoms with van der Waals surface area (Å²) >= 11 is 0. The third kappa shape index (κ3) is 3.76. The molecule has 20 heavy (non-hydrogen) atoms. The van der Waals surface area contributed by atoms with Crippen molar-refractivity contribution in [1.29, 1.82) is 0 Å². The van der Waals surface area contributed by atoms with Crippen LogP contribution in [0.2, 0.25) is 0 Å². The number of benzene rings is 1. The van der Waals surface area contributed by atoms with Gasteiger partial charge in [-0.25, -0.2) is 0 Å². The molecular formula is C18H30N2. The number of anilines is 1. The minimum Gasteiger partial charge on any atom is -0.371 e. The number of para-hydroxylation sites is 1. The van der Waals surface area contributed by atoms with Gasteiger partial charge < -0.3 is 10.2 Å². The van der Waals surface area contributed by atoms with Gasteiger partial charge in [-0.05, 0) is 42.9 Å². The Balaban J connectivity index is 2.02. The fourth-order valence-corrected chi connectivity index (χ4v) is 3.01. The van der Waals surface area contributed by atoms with E-state index in [4.69, 9.17) is 0 Å². The first kappa shape index (κ1) is 15.4. The molecule has 2 rings (SSSR count). The first-order valence-corrected chi connectivity index (χ1v) is 8.22. The highest BCUT2D eigenvalue weighted by atomic mass is 15.1. The zero-order chi connectivity index (χ0) is 14.4. The Kier molecular flexibility index (Phi) is 5.47. The van der Waals surface area contributed by atoms with Crippen LogP contribution in [0.3, 0.4) is 0 Å². The maximum atomic E-state index is 3.53. The van der Waals surface area contributed by atoms with E-state index in [1.165, 1.54) is 50.0 Å². The van der Waals surface area contributed by atoms with Gasteiger partial charge >= 0.3 is 0 Å². The quantitative estimate of drug-likeness (QED) is 0.782. The molecule has 0 spiro atoms. The molecule has 1 aliphatic rings. The molecule has 1 N–H and O–H groups in total. The predicted octanol–water partition coefficient (Wildman–Crippen LogP) is 4.20. The summed E-state index contributed by atoms with van der Waals surface area (Å²) in [6, 6.07) is 8.89. The summed E-state index contributed by atoms with van der Waals surface area (Å²) in [7, 11) is 0. The summed E-state index contributed by atoms with van der Waals surface area (Å²) in [5.74, 6) is 0. The van der Waals surface area contributed by atoms with Crippen LogP contribution in [0, 0.1) is 5.41 Å². The van der Waals surface area contributed by atoms with Crippen molar-refractivity contribution in [3.8, 4) is 0 Å². The molecule has 112 valence electrons. The van der Waals surface area contributed by atoms with E-state index in [-0.39, 0.29) is 0 Å². The second-order valence-corrected chi connectivity index (χ2v) is 6.46. The summed E-state index contributed by atoms with van der Waals surface area (Å²) in [6.07, 6.45) is 5.14. The summed E-state index contributed by atoms with van der Waals surface area (Å²) in [5.41, 5.74) is 3.45. The molecule has 1 heterocycles. The van der Waals surface area contributed by atoms with Crippen LogP contribution in [0.4, 0.5) is 5.69 Å². The molecule has 0 radical (unpaired) electrons. The van der Waals surface area contributed by atoms with Crippen molar-refractivity contribution >= 4 is 5.69 Å². The lowest BCUT2D eigenvalue weighted by atomic mass is 9.78. The van der Waals surface area contributed by atoms with Crippen molar-refractivity contribution in [3.05, 3.63) is 29.8 Å². The average molecular weight is 274 g/mol. The van der Waals surface area contributed by atoms with Gasteiger partial charge in [-0.3, -0.25) is 0 Å². The molecule has 2 heteroatoms. The third-order valence-corrected chi connectivity index (χ3v) is 4.90. The molecule has 1 aromatic rings. The van der Waals surface area contributed by atoms with E-state index in [2.05, 4.69) is 55.3 Å². The van der Waals surface area contributed by atoms with Gasteiger partial charge in [0, 0.05) is 25.3 Å². The summed E-state index contributed by atoms with van der Waals surface area (Å²) in [5, 5.41) is 3.53. The Morgan fingerprint density at radius 1 is 1.15 bits per heavy atom. The summed E-state index contributed by atoms with van der Waals surface area (Å²) in [4.78, 5) is 2.58. The predicted molar refractivity (Wildman–Crippen MR) is 88.3 cm³/mol. The molecule has 1 fully saturated rings. The molecule has 2 nitrogen and oxygen atoms in total. The smallest absolute Gasteiger partial charge is 0.0411 e. The maximum Gasteiger partial charge on any atom is 0.0411 e. The van der Waals surface area contributed by atoms with Crippen molar-refractivity contribution < 1.29 is 0 Å². The number of nitrogens with zero attached hydrogens (tertiary/aromatic N) is 1. The first-order chi connectivity index (χ1) is 9.68. The van der Waals surface area contributed by atoms with Gasteiger partial charge in [-0.1, -0.05) is 45.4 Å². The Labute approximate surface area is 124 Å². The number of rotatable bonds is 6. The first-order valence-electron chi connectivity index (χ1n) is 8.22. The van der Waals surface area contributed by atoms with Crippen LogP contribution in [0.15, 0.2) is 24.3 Å². The second-order valence-electron chi connectivity index (χ2n) is 6.46. The van der Waals surface area contributed by atoms with E-state index in [1.54, 1.807) is 0 Å². The van der Waals surface area contributed by atoms with Crippen LogP contribution in [-0.2, 0) is 6.54 Å². The number of hydrogen-bond acceptors (Lipinski definition) is 2. The summed E-state index contributed by atoms with van der Waals surface area (Å²) < 4.78 is 0. The molecule has 1 saturated heterocycles. The van der Waals surface area contributed by atoms with Crippen LogP contribution in [0.1, 0.15) is 52.0 Å². The second kappa shape index (κ2) is 7.12. The molecule has 0 saturated carbocycles. The number of piperidine rings is 1. The van der Waals surface area contributed by atoms with Gasteiger partial charge in [0.2, 0.25) is 0 Å². The topological polar surface area (TPSA) is 15.3 Å². The van der Waals surface area contributed by atoms with Crippen LogP contribution in [0.25, 0.3) is 0 Å². The highest BCUT2D eigenvalue weighted by Gasteiger charge is 2.28. The lowest BCUT2D eigenvalue weighted by Gasteiger charge is -2.40. The Hall–Kier alpha value is -1.02. The van der Waals surface area contributed by atoms with E-state index in [0.29, 0.717) is 5.41 Å². The number of hydrogen-bond donors (Lipinski definition) is 1. The van der Waals surface area contributed by atoms with E-state index in [9.17, 15) is 0 Å². The van der Waals surface area contributed by atoms with Crippen molar-refractivity contribution in [3.63, 3.8) is 0 Å². The molecule has 0 unspecified atom stereocenters. The normalized spacial score (nSPS) is 18.2. The van der Waals surface area contributed by atoms with Crippen molar-refractivity contribution in [1.82, 2.24) is 5.32 Å². The van der Waals surface area contributed by atoms with Crippen LogP contribution >= 0.6 is 0 Å². The van der Waals surface area contributed by atoms with Gasteiger partial charge in [0.15, 0.2) is 0 Å². The highest BCUT2D eigenvalue weighted by molar-refractivity contribution is 5.54. The highest BCUT2D eigenvalue weighted by Crippen LogP contribution is 2.36. The van der Waals surface area contributed by atoms with E-state index in [1.807, 2.05) is 0 Å². The van der Waals surface area contributed by atoms with Crippen LogP contribution in [0.5, 0.6) is 0 Å². The molecule has 0 aromatic heterocycles. The van der Waals surface area contributed by atoms with Crippen molar-refractivity contribution in [2.45, 2.75) is 53.0 Å². The molecule has 0 amide bonds. The fourth-order valence-electron chi connectivity index (χ4n) is 3.01. The lowest BCUT2D eigenvalue weighted by molar-refractivity contribution is 0.238. The average Bonchev–Trinajstić information content (AvgIpc) is 2.49. The van der Waals surface area contributed by atoms with E-state index < -0.39 is 0 Å². The molecule has 1 aromatic carbocycles. The molecule has 0 atom stereocenters. The molecule has 1 aliphatic heterocycles. The lowest BCUT2D eigenvalue weighted by Crippen LogP contribution is -2.39. The standard InChI is InChI=1S/C18H30N2/c1-4-12-19-15-16-8-6-7-9-17(16)20-13-10-18(3,5-2)11-14-20/h6-9,19H,4-5,10-15H2,1-3H3. The van der Waals surface area contributed by atoms with Gasteiger partial charge in [0.05, 0.1) is 0 Å². The zero-order valence-corrected chi connectivity index (χ0v) is 13.4. The Morgan fingerprint density at radius 3 is 2.50 bits per heavy atom. The molecule has 0 aliphatic carbocycles. The van der Waals surface area contributed by atoms with Gasteiger partial charge in [-0.2, -0.15) is 0 Å². The van der Waals surface area contributed by atoms with Gasteiger partial charge in [0.25, 0.3) is 0 Å². The van der Waals surface area contributed by atoms with Crippen molar-refractivity contribution in [2.75, 3.05) is 24.5 Å². The largest absolute Gasteiger partial charge is 0.371 e. The monoisotopic (exact) mass is 274 g/mol. The van der Waals surface area contributed by atoms with Gasteiger partial charge in [-0.15, -0.1) is 0 Å². The fraction of sp³-hybridized carbons (Fsp3) is 0.667. The van der Waals surface area contributed by atoms with E-state index in [0.717, 1.165) is 13.1 Å². The SMILES string of the molecule is CCCNCc1ccccc1N1CCC(C)(CC)CC1. The summed E-state index contributed by atoms with van der Waals surface area (Å²) in [6.45, 7) is 11.5. The third-order valence-electron chi connectivity index (χ3n) is 4.90. The number of nitrogens with one attached hydrogen (secondary N) is 1. The van der Waals surface area contributed by atoms with Crippen LogP contribution in [-0.4, -0.2) is 19.6 Å².